The number of nitrogens with zero attached hydrogens (tertiary/aromatic N) is 2. The van der Waals surface area contributed by atoms with Crippen LogP contribution in [0.15, 0.2) is 71.8 Å². The predicted octanol–water partition coefficient (Wildman–Crippen LogP) is 3.84. The van der Waals surface area contributed by atoms with Crippen molar-refractivity contribution in [2.45, 2.75) is 25.7 Å². The van der Waals surface area contributed by atoms with Crippen molar-refractivity contribution in [3.05, 3.63) is 83.7 Å². The molecular formula is C22H23N3O3S. The fourth-order valence-electron chi connectivity index (χ4n) is 2.96. The van der Waals surface area contributed by atoms with Crippen molar-refractivity contribution in [2.75, 3.05) is 16.2 Å². The highest BCUT2D eigenvalue weighted by atomic mass is 32.2. The minimum atomic E-state index is -3.93. The highest BCUT2D eigenvalue weighted by molar-refractivity contribution is 7.92. The number of aryl methyl sites for hydroxylation is 3. The summed E-state index contributed by atoms with van der Waals surface area (Å²) < 4.78 is 27.9. The molecule has 0 radical (unpaired) electrons. The lowest BCUT2D eigenvalue weighted by atomic mass is 10.1. The molecule has 0 aliphatic rings. The van der Waals surface area contributed by atoms with E-state index in [9.17, 15) is 13.2 Å². The van der Waals surface area contributed by atoms with E-state index in [0.717, 1.165) is 21.1 Å². The molecule has 2 aromatic carbocycles. The van der Waals surface area contributed by atoms with Gasteiger partial charge in [0, 0.05) is 17.6 Å². The number of hydrogen-bond acceptors (Lipinski definition) is 4. The molecule has 0 aliphatic heterocycles. The number of benzene rings is 2. The number of pyridine rings is 1. The maximum atomic E-state index is 13.4. The standard InChI is InChI=1S/C22H23N3O3S/c1-16-9-10-17(2)21(13-16)25(29(27,28)20-7-5-4-6-8-20)15-22(26)24-19-11-12-23-18(3)14-19/h4-14H,15H2,1-3H3,(H,23,24,26). The summed E-state index contributed by atoms with van der Waals surface area (Å²) in [4.78, 5) is 17.0. The summed E-state index contributed by atoms with van der Waals surface area (Å²) in [7, 11) is -3.93. The lowest BCUT2D eigenvalue weighted by Crippen LogP contribution is -2.38. The summed E-state index contributed by atoms with van der Waals surface area (Å²) in [6.07, 6.45) is 1.59. The summed E-state index contributed by atoms with van der Waals surface area (Å²) in [5.74, 6) is -0.434. The molecule has 0 atom stereocenters. The average Bonchev–Trinajstić information content (AvgIpc) is 2.69. The number of carbonyl (C=O) groups excluding carboxylic acids is 1. The van der Waals surface area contributed by atoms with E-state index in [4.69, 9.17) is 0 Å². The molecule has 150 valence electrons. The smallest absolute Gasteiger partial charge is 0.264 e. The molecule has 1 amide bonds. The Hall–Kier alpha value is -3.19. The molecular weight excluding hydrogens is 386 g/mol. The SMILES string of the molecule is Cc1ccc(C)c(N(CC(=O)Nc2ccnc(C)c2)S(=O)(=O)c2ccccc2)c1. The van der Waals surface area contributed by atoms with Crippen LogP contribution < -0.4 is 9.62 Å². The molecule has 0 fully saturated rings. The Morgan fingerprint density at radius 1 is 1.00 bits per heavy atom. The molecule has 0 spiro atoms. The van der Waals surface area contributed by atoms with Gasteiger partial charge in [-0.05, 0) is 62.2 Å². The largest absolute Gasteiger partial charge is 0.324 e. The van der Waals surface area contributed by atoms with Crippen LogP contribution in [-0.2, 0) is 14.8 Å². The first-order chi connectivity index (χ1) is 13.8. The molecule has 0 bridgehead atoms. The summed E-state index contributed by atoms with van der Waals surface area (Å²) in [5.41, 5.74) is 3.48. The average molecular weight is 410 g/mol. The fourth-order valence-corrected chi connectivity index (χ4v) is 4.46. The molecule has 0 saturated heterocycles. The Morgan fingerprint density at radius 2 is 1.72 bits per heavy atom. The highest BCUT2D eigenvalue weighted by Gasteiger charge is 2.28. The van der Waals surface area contributed by atoms with E-state index in [0.29, 0.717) is 11.4 Å². The van der Waals surface area contributed by atoms with Crippen molar-refractivity contribution in [3.8, 4) is 0 Å². The van der Waals surface area contributed by atoms with Crippen LogP contribution in [0.5, 0.6) is 0 Å². The normalized spacial score (nSPS) is 11.1. The second kappa shape index (κ2) is 8.45. The lowest BCUT2D eigenvalue weighted by Gasteiger charge is -2.26. The van der Waals surface area contributed by atoms with Gasteiger partial charge in [0.05, 0.1) is 10.6 Å². The van der Waals surface area contributed by atoms with Crippen molar-refractivity contribution >= 4 is 27.3 Å². The van der Waals surface area contributed by atoms with Gasteiger partial charge in [-0.25, -0.2) is 8.42 Å². The van der Waals surface area contributed by atoms with Crippen LogP contribution in [-0.4, -0.2) is 25.9 Å². The fraction of sp³-hybridized carbons (Fsp3) is 0.182. The topological polar surface area (TPSA) is 79.4 Å². The molecule has 0 unspecified atom stereocenters. The van der Waals surface area contributed by atoms with Crippen molar-refractivity contribution in [1.82, 2.24) is 4.98 Å². The number of carbonyl (C=O) groups is 1. The van der Waals surface area contributed by atoms with E-state index in [1.165, 1.54) is 12.1 Å². The molecule has 1 N–H and O–H groups in total. The zero-order chi connectivity index (χ0) is 21.0. The van der Waals surface area contributed by atoms with E-state index in [-0.39, 0.29) is 11.4 Å². The minimum Gasteiger partial charge on any atom is -0.324 e. The van der Waals surface area contributed by atoms with E-state index < -0.39 is 15.9 Å². The van der Waals surface area contributed by atoms with Crippen molar-refractivity contribution in [1.29, 1.82) is 0 Å². The lowest BCUT2D eigenvalue weighted by molar-refractivity contribution is -0.114. The molecule has 1 aromatic heterocycles. The molecule has 0 saturated carbocycles. The molecule has 3 rings (SSSR count). The Kier molecular flexibility index (Phi) is 5.98. The number of hydrogen-bond donors (Lipinski definition) is 1. The van der Waals surface area contributed by atoms with Crippen molar-refractivity contribution < 1.29 is 13.2 Å². The van der Waals surface area contributed by atoms with E-state index in [1.807, 2.05) is 32.9 Å². The van der Waals surface area contributed by atoms with Gasteiger partial charge in [-0.15, -0.1) is 0 Å². The number of anilines is 2. The van der Waals surface area contributed by atoms with Crippen LogP contribution >= 0.6 is 0 Å². The minimum absolute atomic E-state index is 0.133. The number of rotatable bonds is 6. The van der Waals surface area contributed by atoms with Gasteiger partial charge in [0.15, 0.2) is 0 Å². The van der Waals surface area contributed by atoms with Crippen molar-refractivity contribution in [3.63, 3.8) is 0 Å². The summed E-state index contributed by atoms with van der Waals surface area (Å²) in [5, 5.41) is 2.76. The van der Waals surface area contributed by atoms with Gasteiger partial charge < -0.3 is 5.32 Å². The van der Waals surface area contributed by atoms with Gasteiger partial charge in [-0.3, -0.25) is 14.1 Å². The second-order valence-corrected chi connectivity index (χ2v) is 8.71. The van der Waals surface area contributed by atoms with Crippen LogP contribution in [0.3, 0.4) is 0 Å². The first kappa shape index (κ1) is 20.5. The molecule has 1 heterocycles. The molecule has 7 heteroatoms. The molecule has 0 aliphatic carbocycles. The number of sulfonamides is 1. The molecule has 3 aromatic rings. The zero-order valence-corrected chi connectivity index (χ0v) is 17.4. The van der Waals surface area contributed by atoms with E-state index >= 15 is 0 Å². The van der Waals surface area contributed by atoms with Gasteiger partial charge >= 0.3 is 0 Å². The summed E-state index contributed by atoms with van der Waals surface area (Å²) >= 11 is 0. The third kappa shape index (κ3) is 4.81. The Bertz CT molecular complexity index is 1130. The van der Waals surface area contributed by atoms with Gasteiger partial charge in [0.25, 0.3) is 10.0 Å². The second-order valence-electron chi connectivity index (χ2n) is 6.85. The first-order valence-electron chi connectivity index (χ1n) is 9.15. The maximum absolute atomic E-state index is 13.4. The molecule has 29 heavy (non-hydrogen) atoms. The van der Waals surface area contributed by atoms with Crippen LogP contribution in [0.25, 0.3) is 0 Å². The maximum Gasteiger partial charge on any atom is 0.264 e. The Balaban J connectivity index is 1.99. The van der Waals surface area contributed by atoms with Crippen LogP contribution in [0.2, 0.25) is 0 Å². The van der Waals surface area contributed by atoms with E-state index in [2.05, 4.69) is 10.3 Å². The quantitative estimate of drug-likeness (QED) is 0.671. The third-order valence-corrected chi connectivity index (χ3v) is 6.21. The van der Waals surface area contributed by atoms with Crippen LogP contribution in [0.1, 0.15) is 16.8 Å². The number of nitrogens with one attached hydrogen (secondary N) is 1. The van der Waals surface area contributed by atoms with E-state index in [1.54, 1.807) is 42.6 Å². The Labute approximate surface area is 171 Å². The van der Waals surface area contributed by atoms with Crippen LogP contribution in [0, 0.1) is 20.8 Å². The van der Waals surface area contributed by atoms with Crippen molar-refractivity contribution in [2.24, 2.45) is 0 Å². The number of aromatic nitrogens is 1. The number of amides is 1. The Morgan fingerprint density at radius 3 is 2.41 bits per heavy atom. The van der Waals surface area contributed by atoms with Gasteiger partial charge in [0.1, 0.15) is 6.54 Å². The third-order valence-electron chi connectivity index (χ3n) is 4.43. The van der Waals surface area contributed by atoms with Gasteiger partial charge in [0.2, 0.25) is 5.91 Å². The zero-order valence-electron chi connectivity index (χ0n) is 16.6. The summed E-state index contributed by atoms with van der Waals surface area (Å²) in [6, 6.07) is 17.1. The molecule has 6 nitrogen and oxygen atoms in total. The predicted molar refractivity (Wildman–Crippen MR) is 114 cm³/mol. The first-order valence-corrected chi connectivity index (χ1v) is 10.6. The monoisotopic (exact) mass is 409 g/mol. The van der Waals surface area contributed by atoms with Crippen LogP contribution in [0.4, 0.5) is 11.4 Å². The van der Waals surface area contributed by atoms with Gasteiger partial charge in [-0.1, -0.05) is 30.3 Å². The van der Waals surface area contributed by atoms with Gasteiger partial charge in [-0.2, -0.15) is 0 Å². The summed E-state index contributed by atoms with van der Waals surface area (Å²) in [6.45, 7) is 5.18. The highest BCUT2D eigenvalue weighted by Crippen LogP contribution is 2.28.